The Hall–Kier alpha value is -0.490. The van der Waals surface area contributed by atoms with Crippen LogP contribution in [0.25, 0.3) is 0 Å². The van der Waals surface area contributed by atoms with E-state index in [0.29, 0.717) is 0 Å². The zero-order valence-corrected chi connectivity index (χ0v) is 3.85. The second kappa shape index (κ2) is 1.31. The van der Waals surface area contributed by atoms with Gasteiger partial charge in [-0.15, -0.1) is 0 Å². The maximum Gasteiger partial charge on any atom is 0.274 e. The third-order valence-corrected chi connectivity index (χ3v) is 1.04. The lowest BCUT2D eigenvalue weighted by atomic mass is 10.6. The van der Waals surface area contributed by atoms with Crippen molar-refractivity contribution < 1.29 is 4.79 Å². The van der Waals surface area contributed by atoms with Crippen LogP contribution >= 0.6 is 8.37 Å². The summed E-state index contributed by atoms with van der Waals surface area (Å²) in [7, 11) is 0.780. The highest BCUT2D eigenvalue weighted by Gasteiger charge is 1.91. The lowest BCUT2D eigenvalue weighted by Gasteiger charge is -1.61. The smallest absolute Gasteiger partial charge is 0.267 e. The first-order valence-corrected chi connectivity index (χ1v) is 2.42. The van der Waals surface area contributed by atoms with Crippen LogP contribution in [-0.2, 0) is 4.79 Å². The molecule has 0 atom stereocenters. The highest BCUT2D eigenvalue weighted by atomic mass is 31.1. The van der Waals surface area contributed by atoms with E-state index >= 15 is 0 Å². The van der Waals surface area contributed by atoms with Gasteiger partial charge in [0.05, 0.1) is 0 Å². The molecule has 1 aliphatic heterocycles. The highest BCUT2D eigenvalue weighted by molar-refractivity contribution is 7.32. The molecule has 3 heteroatoms. The Morgan fingerprint density at radius 3 is 2.83 bits per heavy atom. The molecule has 1 heterocycles. The lowest BCUT2D eigenvalue weighted by Crippen LogP contribution is -1.74. The summed E-state index contributed by atoms with van der Waals surface area (Å²) in [6.45, 7) is 0. The van der Waals surface area contributed by atoms with Gasteiger partial charge in [-0.05, 0) is 5.82 Å². The zero-order valence-electron chi connectivity index (χ0n) is 2.96. The average molecular weight is 99.0 g/mol. The molecule has 2 nitrogen and oxygen atoms in total. The maximum atomic E-state index is 9.98. The molecule has 0 spiro atoms. The van der Waals surface area contributed by atoms with Gasteiger partial charge in [-0.3, -0.25) is 4.79 Å². The summed E-state index contributed by atoms with van der Waals surface area (Å²) in [5, 5.41) is 0. The number of hydrogen-bond donors (Lipinski definition) is 0. The van der Waals surface area contributed by atoms with E-state index in [1.807, 2.05) is 0 Å². The molecule has 0 aromatic rings. The fourth-order valence-corrected chi connectivity index (χ4v) is 0.662. The molecule has 1 aliphatic rings. The highest BCUT2D eigenvalue weighted by Crippen LogP contribution is 2.08. The Morgan fingerprint density at radius 2 is 2.67 bits per heavy atom. The minimum atomic E-state index is -0.114. The number of rotatable bonds is 0. The van der Waals surface area contributed by atoms with E-state index in [1.165, 1.54) is 6.08 Å². The van der Waals surface area contributed by atoms with Gasteiger partial charge < -0.3 is 0 Å². The van der Waals surface area contributed by atoms with Crippen LogP contribution in [0.15, 0.2) is 16.6 Å². The Bertz CT molecular complexity index is 113. The molecule has 0 bridgehead atoms. The SMILES string of the molecule is O=C1C=CP=N1. The van der Waals surface area contributed by atoms with Crippen molar-refractivity contribution in [1.82, 2.24) is 0 Å². The summed E-state index contributed by atoms with van der Waals surface area (Å²) in [6, 6.07) is 0. The average Bonchev–Trinajstić information content (AvgIpc) is 1.86. The van der Waals surface area contributed by atoms with Gasteiger partial charge in [0.25, 0.3) is 5.91 Å². The van der Waals surface area contributed by atoms with Crippen LogP contribution in [0.3, 0.4) is 0 Å². The number of nitrogens with zero attached hydrogens (tertiary/aromatic N) is 1. The van der Waals surface area contributed by atoms with Crippen LogP contribution in [0.2, 0.25) is 0 Å². The Balaban J connectivity index is 2.86. The van der Waals surface area contributed by atoms with Gasteiger partial charge in [0.2, 0.25) is 0 Å². The molecule has 0 aliphatic carbocycles. The first kappa shape index (κ1) is 3.69. The monoisotopic (exact) mass is 99.0 g/mol. The van der Waals surface area contributed by atoms with Crippen LogP contribution in [0.1, 0.15) is 0 Å². The van der Waals surface area contributed by atoms with E-state index in [2.05, 4.69) is 4.74 Å². The molecule has 1 amide bonds. The van der Waals surface area contributed by atoms with Gasteiger partial charge in [-0.2, -0.15) is 4.74 Å². The summed E-state index contributed by atoms with van der Waals surface area (Å²) < 4.78 is 3.46. The fraction of sp³-hybridized carbons (Fsp3) is 0. The second-order valence-corrected chi connectivity index (χ2v) is 1.60. The molecule has 0 aromatic carbocycles. The van der Waals surface area contributed by atoms with E-state index in [-0.39, 0.29) is 5.91 Å². The van der Waals surface area contributed by atoms with Gasteiger partial charge in [-0.25, -0.2) is 0 Å². The van der Waals surface area contributed by atoms with E-state index in [4.69, 9.17) is 0 Å². The molecular weight excluding hydrogens is 97.0 g/mol. The van der Waals surface area contributed by atoms with Gasteiger partial charge in [0, 0.05) is 14.4 Å². The number of hydrogen-bond acceptors (Lipinski definition) is 1. The van der Waals surface area contributed by atoms with Crippen molar-refractivity contribution in [3.63, 3.8) is 0 Å². The van der Waals surface area contributed by atoms with Crippen molar-refractivity contribution in [2.75, 3.05) is 0 Å². The van der Waals surface area contributed by atoms with Crippen LogP contribution < -0.4 is 0 Å². The van der Waals surface area contributed by atoms with Gasteiger partial charge >= 0.3 is 0 Å². The minimum absolute atomic E-state index is 0.114. The maximum absolute atomic E-state index is 9.98. The topological polar surface area (TPSA) is 29.4 Å². The predicted octanol–water partition coefficient (Wildman–Crippen LogP) is 1.17. The summed E-state index contributed by atoms with van der Waals surface area (Å²) in [4.78, 5) is 9.98. The fourth-order valence-electron chi connectivity index (χ4n) is 0.221. The molecule has 0 aromatic heterocycles. The Morgan fingerprint density at radius 1 is 1.83 bits per heavy atom. The third kappa shape index (κ3) is 0.522. The summed E-state index contributed by atoms with van der Waals surface area (Å²) >= 11 is 0. The molecule has 1 rings (SSSR count). The molecule has 0 radical (unpaired) electrons. The molecule has 0 fully saturated rings. The van der Waals surface area contributed by atoms with Crippen LogP contribution in [0, 0.1) is 0 Å². The first-order valence-electron chi connectivity index (χ1n) is 1.51. The second-order valence-electron chi connectivity index (χ2n) is 0.869. The van der Waals surface area contributed by atoms with E-state index < -0.39 is 0 Å². The first-order chi connectivity index (χ1) is 2.89. The Labute approximate surface area is 36.8 Å². The Kier molecular flexibility index (Phi) is 0.807. The van der Waals surface area contributed by atoms with E-state index in [9.17, 15) is 4.79 Å². The number of carbonyl (C=O) groups is 1. The number of carbonyl (C=O) groups excluding carboxylic acids is 1. The van der Waals surface area contributed by atoms with Crippen LogP contribution in [0.4, 0.5) is 0 Å². The molecule has 0 unspecified atom stereocenters. The molecular formula is C3H2NOP. The van der Waals surface area contributed by atoms with Crippen molar-refractivity contribution >= 4 is 14.3 Å². The van der Waals surface area contributed by atoms with E-state index in [1.54, 1.807) is 5.82 Å². The van der Waals surface area contributed by atoms with Crippen LogP contribution in [-0.4, -0.2) is 5.91 Å². The zero-order chi connectivity index (χ0) is 4.41. The molecule has 6 heavy (non-hydrogen) atoms. The number of amides is 1. The van der Waals surface area contributed by atoms with Crippen molar-refractivity contribution in [2.45, 2.75) is 0 Å². The van der Waals surface area contributed by atoms with Crippen molar-refractivity contribution in [3.8, 4) is 0 Å². The van der Waals surface area contributed by atoms with Crippen molar-refractivity contribution in [2.24, 2.45) is 4.74 Å². The molecule has 0 saturated carbocycles. The van der Waals surface area contributed by atoms with Crippen molar-refractivity contribution in [1.29, 1.82) is 0 Å². The largest absolute Gasteiger partial charge is 0.274 e. The summed E-state index contributed by atoms with van der Waals surface area (Å²) in [6.07, 6.45) is 1.46. The van der Waals surface area contributed by atoms with E-state index in [0.717, 1.165) is 8.37 Å². The summed E-state index contributed by atoms with van der Waals surface area (Å²) in [5.41, 5.74) is 0. The van der Waals surface area contributed by atoms with Crippen LogP contribution in [0.5, 0.6) is 0 Å². The third-order valence-electron chi connectivity index (χ3n) is 0.440. The van der Waals surface area contributed by atoms with Gasteiger partial charge in [0.1, 0.15) is 0 Å². The quantitative estimate of drug-likeness (QED) is 0.419. The molecule has 0 saturated heterocycles. The minimum Gasteiger partial charge on any atom is -0.267 e. The van der Waals surface area contributed by atoms with Gasteiger partial charge in [-0.1, -0.05) is 0 Å². The van der Waals surface area contributed by atoms with Crippen molar-refractivity contribution in [3.05, 3.63) is 11.9 Å². The molecule has 0 N–H and O–H groups in total. The normalized spacial score (nSPS) is 19.7. The predicted molar refractivity (Wildman–Crippen MR) is 23.5 cm³/mol. The lowest BCUT2D eigenvalue weighted by molar-refractivity contribution is -0.113. The standard InChI is InChI=1S/C3H2NOP/c5-3-1-2-6-4-3/h1-2H. The molecule has 30 valence electrons. The van der Waals surface area contributed by atoms with Gasteiger partial charge in [0.15, 0.2) is 0 Å². The summed E-state index contributed by atoms with van der Waals surface area (Å²) in [5.74, 6) is 1.60.